The van der Waals surface area contributed by atoms with Gasteiger partial charge in [0.25, 0.3) is 0 Å². The average Bonchev–Trinajstić information content (AvgIpc) is 2.73. The number of hydrogen-bond donors (Lipinski definition) is 1. The summed E-state index contributed by atoms with van der Waals surface area (Å²) in [6.45, 7) is 2.97. The van der Waals surface area contributed by atoms with Crippen molar-refractivity contribution in [3.05, 3.63) is 35.4 Å². The van der Waals surface area contributed by atoms with E-state index < -0.39 is 5.97 Å². The molecule has 2 unspecified atom stereocenters. The molecule has 0 amide bonds. The monoisotopic (exact) mass is 252 g/mol. The Labute approximate surface area is 105 Å². The lowest BCUT2D eigenvalue weighted by Crippen LogP contribution is -2.13. The van der Waals surface area contributed by atoms with Crippen LogP contribution in [0.2, 0.25) is 0 Å². The fraction of sp³-hybridized carbons (Fsp3) is 0.462. The van der Waals surface area contributed by atoms with Crippen LogP contribution in [0.1, 0.15) is 29.3 Å². The summed E-state index contributed by atoms with van der Waals surface area (Å²) in [6.07, 6.45) is 1.44. The molecule has 0 spiro atoms. The maximum atomic E-state index is 10.7. The minimum Gasteiger partial charge on any atom is -0.478 e. The first-order valence-corrected chi connectivity index (χ1v) is 6.77. The third kappa shape index (κ3) is 3.23. The Morgan fingerprint density at radius 2 is 2.18 bits per heavy atom. The van der Waals surface area contributed by atoms with E-state index in [1.165, 1.54) is 5.56 Å². The van der Waals surface area contributed by atoms with Crippen LogP contribution in [0.5, 0.6) is 0 Å². The van der Waals surface area contributed by atoms with Gasteiger partial charge < -0.3 is 9.84 Å². The second-order valence-electron chi connectivity index (χ2n) is 4.22. The molecule has 1 saturated heterocycles. The number of rotatable bonds is 4. The van der Waals surface area contributed by atoms with E-state index in [0.29, 0.717) is 16.9 Å². The maximum absolute atomic E-state index is 10.7. The maximum Gasteiger partial charge on any atom is 0.335 e. The number of ether oxygens (including phenoxy) is 1. The first-order chi connectivity index (χ1) is 8.16. The molecule has 1 aromatic rings. The molecule has 1 aliphatic heterocycles. The predicted octanol–water partition coefficient (Wildman–Crippen LogP) is 2.80. The second-order valence-corrected chi connectivity index (χ2v) is 5.44. The van der Waals surface area contributed by atoms with Crippen LogP contribution in [0.4, 0.5) is 0 Å². The number of aromatic carboxylic acids is 1. The zero-order valence-electron chi connectivity index (χ0n) is 9.76. The van der Waals surface area contributed by atoms with Crippen LogP contribution in [0, 0.1) is 0 Å². The number of hydrogen-bond acceptors (Lipinski definition) is 3. The molecule has 0 aliphatic carbocycles. The standard InChI is InChI=1S/C13H16O3S/c1-9-12(6-7-16-9)17-8-10-2-4-11(5-3-10)13(14)15/h2-5,9,12H,6-8H2,1H3,(H,14,15). The molecule has 0 radical (unpaired) electrons. The SMILES string of the molecule is CC1OCCC1SCc1ccc(C(=O)O)cc1. The van der Waals surface area contributed by atoms with Crippen LogP contribution >= 0.6 is 11.8 Å². The molecule has 1 fully saturated rings. The Kier molecular flexibility index (Phi) is 4.07. The van der Waals surface area contributed by atoms with Gasteiger partial charge in [-0.25, -0.2) is 4.79 Å². The first kappa shape index (κ1) is 12.5. The van der Waals surface area contributed by atoms with Gasteiger partial charge in [0.1, 0.15) is 0 Å². The summed E-state index contributed by atoms with van der Waals surface area (Å²) in [5.74, 6) is 0.0418. The molecule has 0 saturated carbocycles. The Balaban J connectivity index is 1.88. The van der Waals surface area contributed by atoms with Crippen LogP contribution in [0.15, 0.2) is 24.3 Å². The van der Waals surface area contributed by atoms with Crippen molar-refractivity contribution in [1.29, 1.82) is 0 Å². The minimum atomic E-state index is -0.873. The molecule has 2 rings (SSSR count). The second kappa shape index (κ2) is 5.56. The summed E-state index contributed by atoms with van der Waals surface area (Å²) in [5, 5.41) is 9.36. The molecule has 0 bridgehead atoms. The van der Waals surface area contributed by atoms with Gasteiger partial charge in [0.2, 0.25) is 0 Å². The molecule has 3 nitrogen and oxygen atoms in total. The number of benzene rings is 1. The van der Waals surface area contributed by atoms with Crippen molar-refractivity contribution in [2.45, 2.75) is 30.5 Å². The molecular weight excluding hydrogens is 236 g/mol. The van der Waals surface area contributed by atoms with Crippen LogP contribution in [-0.2, 0) is 10.5 Å². The van der Waals surface area contributed by atoms with Gasteiger partial charge in [-0.3, -0.25) is 0 Å². The van der Waals surface area contributed by atoms with Crippen LogP contribution in [0.25, 0.3) is 0 Å². The van der Waals surface area contributed by atoms with Crippen molar-refractivity contribution in [2.75, 3.05) is 6.61 Å². The van der Waals surface area contributed by atoms with Gasteiger partial charge in [-0.1, -0.05) is 12.1 Å². The molecule has 1 aromatic carbocycles. The van der Waals surface area contributed by atoms with Crippen molar-refractivity contribution in [2.24, 2.45) is 0 Å². The van der Waals surface area contributed by atoms with Gasteiger partial charge in [0, 0.05) is 17.6 Å². The Morgan fingerprint density at radius 3 is 2.71 bits per heavy atom. The summed E-state index contributed by atoms with van der Waals surface area (Å²) >= 11 is 1.89. The summed E-state index contributed by atoms with van der Waals surface area (Å²) < 4.78 is 5.51. The summed E-state index contributed by atoms with van der Waals surface area (Å²) in [4.78, 5) is 10.7. The molecule has 92 valence electrons. The van der Waals surface area contributed by atoms with Crippen molar-refractivity contribution >= 4 is 17.7 Å². The van der Waals surface area contributed by atoms with Crippen LogP contribution in [-0.4, -0.2) is 29.0 Å². The highest BCUT2D eigenvalue weighted by Crippen LogP contribution is 2.28. The van der Waals surface area contributed by atoms with Crippen molar-refractivity contribution in [1.82, 2.24) is 0 Å². The van der Waals surface area contributed by atoms with Gasteiger partial charge in [-0.15, -0.1) is 0 Å². The zero-order chi connectivity index (χ0) is 12.3. The fourth-order valence-electron chi connectivity index (χ4n) is 1.88. The van der Waals surface area contributed by atoms with Crippen LogP contribution < -0.4 is 0 Å². The lowest BCUT2D eigenvalue weighted by molar-refractivity contribution is 0.0697. The number of carbonyl (C=O) groups is 1. The lowest BCUT2D eigenvalue weighted by atomic mass is 10.1. The van der Waals surface area contributed by atoms with Crippen molar-refractivity contribution in [3.63, 3.8) is 0 Å². The van der Waals surface area contributed by atoms with E-state index in [-0.39, 0.29) is 0 Å². The van der Waals surface area contributed by atoms with Gasteiger partial charge in [0.05, 0.1) is 11.7 Å². The van der Waals surface area contributed by atoms with E-state index in [0.717, 1.165) is 18.8 Å². The minimum absolute atomic E-state index is 0.332. The molecular formula is C13H16O3S. The van der Waals surface area contributed by atoms with Gasteiger partial charge in [-0.2, -0.15) is 11.8 Å². The third-order valence-electron chi connectivity index (χ3n) is 2.97. The summed E-state index contributed by atoms with van der Waals surface area (Å²) in [5.41, 5.74) is 1.51. The molecule has 1 N–H and O–H groups in total. The zero-order valence-corrected chi connectivity index (χ0v) is 10.6. The van der Waals surface area contributed by atoms with E-state index in [1.54, 1.807) is 12.1 Å². The molecule has 0 aromatic heterocycles. The highest BCUT2D eigenvalue weighted by Gasteiger charge is 2.24. The number of thioether (sulfide) groups is 1. The van der Waals surface area contributed by atoms with Gasteiger partial charge in [0.15, 0.2) is 0 Å². The topological polar surface area (TPSA) is 46.5 Å². The summed E-state index contributed by atoms with van der Waals surface area (Å²) in [7, 11) is 0. The molecule has 17 heavy (non-hydrogen) atoms. The normalized spacial score (nSPS) is 23.8. The Hall–Kier alpha value is -1.00. The van der Waals surface area contributed by atoms with Crippen molar-refractivity contribution in [3.8, 4) is 0 Å². The lowest BCUT2D eigenvalue weighted by Gasteiger charge is -2.13. The summed E-state index contributed by atoms with van der Waals surface area (Å²) in [6, 6.07) is 7.09. The van der Waals surface area contributed by atoms with Crippen molar-refractivity contribution < 1.29 is 14.6 Å². The first-order valence-electron chi connectivity index (χ1n) is 5.72. The van der Waals surface area contributed by atoms with E-state index >= 15 is 0 Å². The third-order valence-corrected chi connectivity index (χ3v) is 4.52. The van der Waals surface area contributed by atoms with Crippen LogP contribution in [0.3, 0.4) is 0 Å². The number of carboxylic acid groups (broad SMARTS) is 1. The highest BCUT2D eigenvalue weighted by molar-refractivity contribution is 7.99. The molecule has 1 aliphatic rings. The quantitative estimate of drug-likeness (QED) is 0.895. The van der Waals surface area contributed by atoms with Gasteiger partial charge in [-0.05, 0) is 31.0 Å². The molecule has 4 heteroatoms. The van der Waals surface area contributed by atoms with E-state index in [2.05, 4.69) is 6.92 Å². The average molecular weight is 252 g/mol. The predicted molar refractivity (Wildman–Crippen MR) is 68.5 cm³/mol. The van der Waals surface area contributed by atoms with E-state index in [4.69, 9.17) is 9.84 Å². The highest BCUT2D eigenvalue weighted by atomic mass is 32.2. The molecule has 1 heterocycles. The van der Waals surface area contributed by atoms with E-state index in [9.17, 15) is 4.79 Å². The van der Waals surface area contributed by atoms with E-state index in [1.807, 2.05) is 23.9 Å². The smallest absolute Gasteiger partial charge is 0.335 e. The fourth-order valence-corrected chi connectivity index (χ4v) is 3.09. The largest absolute Gasteiger partial charge is 0.478 e. The Bertz CT molecular complexity index is 388. The van der Waals surface area contributed by atoms with Gasteiger partial charge >= 0.3 is 5.97 Å². The molecule has 2 atom stereocenters. The number of carboxylic acids is 1. The Morgan fingerprint density at radius 1 is 1.47 bits per heavy atom.